The molecule has 0 aliphatic carbocycles. The van der Waals surface area contributed by atoms with Crippen LogP contribution in [0, 0.1) is 0 Å². The van der Waals surface area contributed by atoms with Crippen LogP contribution < -0.4 is 15.4 Å². The summed E-state index contributed by atoms with van der Waals surface area (Å²) in [6.07, 6.45) is 2.33. The number of hydrogen-bond donors (Lipinski definition) is 2. The zero-order chi connectivity index (χ0) is 19.4. The van der Waals surface area contributed by atoms with Gasteiger partial charge in [0.15, 0.2) is 5.96 Å². The number of halogens is 2. The standard InChI is InChI=1S/C20H35BrN4O.HI/c1-6-22-20(24-16(4)10-9-13-25(7-2)8-3)23-15-17-11-12-19(26-5)18(21)14-17;/h11-12,14,16H,6-10,13,15H2,1-5H3,(H2,22,23,24);1H. The molecular formula is C20H36BrIN4O. The Kier molecular flexibility index (Phi) is 15.1. The summed E-state index contributed by atoms with van der Waals surface area (Å²) in [7, 11) is 1.67. The third-order valence-corrected chi connectivity index (χ3v) is 4.99. The summed E-state index contributed by atoms with van der Waals surface area (Å²) in [5.74, 6) is 1.71. The van der Waals surface area contributed by atoms with Gasteiger partial charge in [0, 0.05) is 12.6 Å². The topological polar surface area (TPSA) is 48.9 Å². The number of methoxy groups -OCH3 is 1. The van der Waals surface area contributed by atoms with E-state index < -0.39 is 0 Å². The molecule has 0 saturated heterocycles. The molecule has 2 N–H and O–H groups in total. The number of aliphatic imine (C=N–C) groups is 1. The molecule has 0 saturated carbocycles. The van der Waals surface area contributed by atoms with E-state index in [1.165, 1.54) is 6.42 Å². The van der Waals surface area contributed by atoms with Crippen LogP contribution in [0.15, 0.2) is 27.7 Å². The minimum Gasteiger partial charge on any atom is -0.496 e. The van der Waals surface area contributed by atoms with Crippen LogP contribution in [-0.2, 0) is 6.54 Å². The lowest BCUT2D eigenvalue weighted by Gasteiger charge is -2.21. The van der Waals surface area contributed by atoms with E-state index in [9.17, 15) is 0 Å². The summed E-state index contributed by atoms with van der Waals surface area (Å²) in [5, 5.41) is 6.85. The van der Waals surface area contributed by atoms with Gasteiger partial charge in [-0.3, -0.25) is 0 Å². The second kappa shape index (κ2) is 15.4. The molecule has 5 nitrogen and oxygen atoms in total. The molecule has 1 rings (SSSR count). The van der Waals surface area contributed by atoms with Crippen LogP contribution in [0.4, 0.5) is 0 Å². The van der Waals surface area contributed by atoms with Gasteiger partial charge < -0.3 is 20.3 Å². The lowest BCUT2D eigenvalue weighted by atomic mass is 10.2. The van der Waals surface area contributed by atoms with Crippen LogP contribution in [0.2, 0.25) is 0 Å². The Morgan fingerprint density at radius 2 is 1.96 bits per heavy atom. The Morgan fingerprint density at radius 1 is 1.26 bits per heavy atom. The van der Waals surface area contributed by atoms with E-state index in [-0.39, 0.29) is 24.0 Å². The number of rotatable bonds is 11. The Morgan fingerprint density at radius 3 is 2.52 bits per heavy atom. The molecule has 0 aromatic heterocycles. The Balaban J connectivity index is 0.00000676. The number of hydrogen-bond acceptors (Lipinski definition) is 3. The Bertz CT molecular complexity index is 553. The van der Waals surface area contributed by atoms with Gasteiger partial charge >= 0.3 is 0 Å². The van der Waals surface area contributed by atoms with E-state index in [0.29, 0.717) is 12.6 Å². The minimum absolute atomic E-state index is 0. The lowest BCUT2D eigenvalue weighted by molar-refractivity contribution is 0.292. The fraction of sp³-hybridized carbons (Fsp3) is 0.650. The van der Waals surface area contributed by atoms with Crippen molar-refractivity contribution < 1.29 is 4.74 Å². The SMILES string of the molecule is CCNC(=NCc1ccc(OC)c(Br)c1)NC(C)CCCN(CC)CC.I. The normalized spacial score (nSPS) is 12.5. The fourth-order valence-corrected chi connectivity index (χ4v) is 3.35. The molecule has 0 spiro atoms. The second-order valence-electron chi connectivity index (χ2n) is 6.38. The van der Waals surface area contributed by atoms with Crippen LogP contribution in [0.3, 0.4) is 0 Å². The molecule has 1 unspecified atom stereocenters. The van der Waals surface area contributed by atoms with Crippen LogP contribution in [0.25, 0.3) is 0 Å². The largest absolute Gasteiger partial charge is 0.496 e. The number of ether oxygens (including phenoxy) is 1. The summed E-state index contributed by atoms with van der Waals surface area (Å²) < 4.78 is 6.23. The van der Waals surface area contributed by atoms with Gasteiger partial charge in [0.05, 0.1) is 18.1 Å². The molecule has 0 aliphatic heterocycles. The second-order valence-corrected chi connectivity index (χ2v) is 7.23. The van der Waals surface area contributed by atoms with Gasteiger partial charge in [0.25, 0.3) is 0 Å². The van der Waals surface area contributed by atoms with Crippen molar-refractivity contribution in [3.8, 4) is 5.75 Å². The Hall–Kier alpha value is -0.540. The molecular weight excluding hydrogens is 519 g/mol. The third kappa shape index (κ3) is 10.5. The maximum atomic E-state index is 5.28. The third-order valence-electron chi connectivity index (χ3n) is 4.37. The first-order valence-corrected chi connectivity index (χ1v) is 10.4. The molecule has 0 amide bonds. The van der Waals surface area contributed by atoms with Crippen molar-refractivity contribution in [3.63, 3.8) is 0 Å². The van der Waals surface area contributed by atoms with E-state index in [4.69, 9.17) is 9.73 Å². The average Bonchev–Trinajstić information content (AvgIpc) is 2.63. The summed E-state index contributed by atoms with van der Waals surface area (Å²) in [5.41, 5.74) is 1.14. The van der Waals surface area contributed by atoms with Gasteiger partial charge in [-0.05, 0) is 79.9 Å². The molecule has 1 aromatic carbocycles. The predicted molar refractivity (Wildman–Crippen MR) is 131 cm³/mol. The summed E-state index contributed by atoms with van der Waals surface area (Å²) >= 11 is 3.53. The summed E-state index contributed by atoms with van der Waals surface area (Å²) in [6, 6.07) is 6.46. The predicted octanol–water partition coefficient (Wildman–Crippen LogP) is 4.64. The highest BCUT2D eigenvalue weighted by atomic mass is 127. The van der Waals surface area contributed by atoms with Gasteiger partial charge in [-0.1, -0.05) is 19.9 Å². The molecule has 0 radical (unpaired) electrons. The number of nitrogens with one attached hydrogen (secondary N) is 2. The van der Waals surface area contributed by atoms with E-state index >= 15 is 0 Å². The number of guanidine groups is 1. The fourth-order valence-electron chi connectivity index (χ4n) is 2.77. The maximum Gasteiger partial charge on any atom is 0.191 e. The molecule has 1 atom stereocenters. The van der Waals surface area contributed by atoms with Crippen molar-refractivity contribution >= 4 is 45.9 Å². The highest BCUT2D eigenvalue weighted by Crippen LogP contribution is 2.25. The lowest BCUT2D eigenvalue weighted by Crippen LogP contribution is -2.42. The van der Waals surface area contributed by atoms with Gasteiger partial charge in [0.2, 0.25) is 0 Å². The summed E-state index contributed by atoms with van der Waals surface area (Å²) in [4.78, 5) is 7.18. The molecule has 156 valence electrons. The maximum absolute atomic E-state index is 5.28. The number of benzene rings is 1. The average molecular weight is 555 g/mol. The van der Waals surface area contributed by atoms with E-state index in [1.54, 1.807) is 7.11 Å². The van der Waals surface area contributed by atoms with Crippen LogP contribution in [-0.4, -0.2) is 50.2 Å². The van der Waals surface area contributed by atoms with Gasteiger partial charge in [-0.25, -0.2) is 4.99 Å². The van der Waals surface area contributed by atoms with E-state index in [0.717, 1.165) is 54.3 Å². The molecule has 0 bridgehead atoms. The first-order chi connectivity index (χ1) is 12.5. The molecule has 1 aromatic rings. The highest BCUT2D eigenvalue weighted by Gasteiger charge is 2.07. The van der Waals surface area contributed by atoms with Crippen molar-refractivity contribution in [2.45, 2.75) is 53.1 Å². The van der Waals surface area contributed by atoms with Crippen LogP contribution in [0.5, 0.6) is 5.75 Å². The van der Waals surface area contributed by atoms with Crippen LogP contribution in [0.1, 0.15) is 46.1 Å². The molecule has 0 aliphatic rings. The Labute approximate surface area is 190 Å². The van der Waals surface area contributed by atoms with Gasteiger partial charge in [-0.15, -0.1) is 24.0 Å². The zero-order valence-corrected chi connectivity index (χ0v) is 21.3. The molecule has 0 fully saturated rings. The summed E-state index contributed by atoms with van der Waals surface area (Å²) in [6.45, 7) is 13.6. The van der Waals surface area contributed by atoms with Crippen molar-refractivity contribution in [3.05, 3.63) is 28.2 Å². The molecule has 7 heteroatoms. The van der Waals surface area contributed by atoms with Crippen LogP contribution >= 0.6 is 39.9 Å². The van der Waals surface area contributed by atoms with Crippen molar-refractivity contribution in [1.82, 2.24) is 15.5 Å². The van der Waals surface area contributed by atoms with E-state index in [2.05, 4.69) is 65.2 Å². The first-order valence-electron chi connectivity index (χ1n) is 9.63. The molecule has 0 heterocycles. The minimum atomic E-state index is 0. The van der Waals surface area contributed by atoms with Gasteiger partial charge in [-0.2, -0.15) is 0 Å². The molecule has 27 heavy (non-hydrogen) atoms. The van der Waals surface area contributed by atoms with Crippen molar-refractivity contribution in [1.29, 1.82) is 0 Å². The zero-order valence-electron chi connectivity index (χ0n) is 17.3. The van der Waals surface area contributed by atoms with E-state index in [1.807, 2.05) is 12.1 Å². The quantitative estimate of drug-likeness (QED) is 0.238. The van der Waals surface area contributed by atoms with Crippen molar-refractivity contribution in [2.75, 3.05) is 33.3 Å². The monoisotopic (exact) mass is 554 g/mol. The van der Waals surface area contributed by atoms with Gasteiger partial charge in [0.1, 0.15) is 5.75 Å². The number of nitrogens with zero attached hydrogens (tertiary/aromatic N) is 2. The first kappa shape index (κ1) is 26.5. The highest BCUT2D eigenvalue weighted by molar-refractivity contribution is 14.0. The smallest absolute Gasteiger partial charge is 0.191 e. The van der Waals surface area contributed by atoms with Crippen molar-refractivity contribution in [2.24, 2.45) is 4.99 Å².